The predicted octanol–water partition coefficient (Wildman–Crippen LogP) is 2.59. The van der Waals surface area contributed by atoms with E-state index < -0.39 is 0 Å². The van der Waals surface area contributed by atoms with Gasteiger partial charge in [-0.05, 0) is 25.2 Å². The van der Waals surface area contributed by atoms with Crippen LogP contribution in [0.5, 0.6) is 0 Å². The Hall–Kier alpha value is -0.410. The number of hydrogen-bond acceptors (Lipinski definition) is 3. The lowest BCUT2D eigenvalue weighted by atomic mass is 9.82. The normalized spacial score (nSPS) is 26.1. The second-order valence-electron chi connectivity index (χ2n) is 4.23. The van der Waals surface area contributed by atoms with Gasteiger partial charge in [-0.25, -0.2) is 4.98 Å². The Morgan fingerprint density at radius 2 is 2.36 bits per heavy atom. The van der Waals surface area contributed by atoms with Crippen molar-refractivity contribution < 1.29 is 0 Å². The Balaban J connectivity index is 1.75. The zero-order valence-corrected chi connectivity index (χ0v) is 9.73. The van der Waals surface area contributed by atoms with Crippen LogP contribution in [0.2, 0.25) is 0 Å². The van der Waals surface area contributed by atoms with E-state index in [1.165, 1.54) is 22.7 Å². The summed E-state index contributed by atoms with van der Waals surface area (Å²) in [6.45, 7) is 5.48. The molecule has 1 aromatic heterocycles. The summed E-state index contributed by atoms with van der Waals surface area (Å²) in [5.74, 6) is 0.931. The molecule has 0 radical (unpaired) electrons. The third-order valence-electron chi connectivity index (χ3n) is 2.84. The van der Waals surface area contributed by atoms with Gasteiger partial charge >= 0.3 is 0 Å². The molecule has 14 heavy (non-hydrogen) atoms. The summed E-state index contributed by atoms with van der Waals surface area (Å²) in [7, 11) is 0. The van der Waals surface area contributed by atoms with Crippen molar-refractivity contribution in [2.24, 2.45) is 5.92 Å². The van der Waals surface area contributed by atoms with E-state index in [1.54, 1.807) is 0 Å². The van der Waals surface area contributed by atoms with Crippen LogP contribution >= 0.6 is 11.3 Å². The van der Waals surface area contributed by atoms with Crippen molar-refractivity contribution in [1.29, 1.82) is 0 Å². The Labute approximate surface area is 89.8 Å². The fraction of sp³-hybridized carbons (Fsp3) is 0.727. The smallest absolute Gasteiger partial charge is 0.0925 e. The molecule has 1 aliphatic carbocycles. The molecule has 0 atom stereocenters. The van der Waals surface area contributed by atoms with Gasteiger partial charge in [0, 0.05) is 23.7 Å². The van der Waals surface area contributed by atoms with Crippen LogP contribution in [0.25, 0.3) is 0 Å². The number of nitrogens with one attached hydrogen (secondary N) is 1. The summed E-state index contributed by atoms with van der Waals surface area (Å²) in [5.41, 5.74) is 0. The van der Waals surface area contributed by atoms with Gasteiger partial charge in [0.25, 0.3) is 0 Å². The van der Waals surface area contributed by atoms with Crippen molar-refractivity contribution in [3.8, 4) is 0 Å². The van der Waals surface area contributed by atoms with E-state index in [2.05, 4.69) is 24.1 Å². The minimum Gasteiger partial charge on any atom is -0.309 e. The van der Waals surface area contributed by atoms with Gasteiger partial charge in [-0.1, -0.05) is 13.8 Å². The van der Waals surface area contributed by atoms with Gasteiger partial charge in [-0.3, -0.25) is 0 Å². The van der Waals surface area contributed by atoms with Gasteiger partial charge in [0.15, 0.2) is 0 Å². The lowest BCUT2D eigenvalue weighted by molar-refractivity contribution is 0.241. The van der Waals surface area contributed by atoms with E-state index in [-0.39, 0.29) is 0 Å². The molecule has 3 heteroatoms. The van der Waals surface area contributed by atoms with Crippen molar-refractivity contribution in [2.45, 2.75) is 45.7 Å². The summed E-state index contributed by atoms with van der Waals surface area (Å²) < 4.78 is 0. The molecule has 2 nitrogen and oxygen atoms in total. The molecule has 0 aliphatic heterocycles. The van der Waals surface area contributed by atoms with Gasteiger partial charge in [-0.15, -0.1) is 11.3 Å². The van der Waals surface area contributed by atoms with E-state index in [9.17, 15) is 0 Å². The molecule has 1 aromatic rings. The lowest BCUT2D eigenvalue weighted by Crippen LogP contribution is -2.39. The van der Waals surface area contributed by atoms with Gasteiger partial charge < -0.3 is 5.32 Å². The number of thiazole rings is 1. The Morgan fingerprint density at radius 3 is 2.93 bits per heavy atom. The molecule has 0 bridgehead atoms. The second-order valence-corrected chi connectivity index (χ2v) is 5.43. The van der Waals surface area contributed by atoms with Crippen molar-refractivity contribution in [1.82, 2.24) is 10.3 Å². The van der Waals surface area contributed by atoms with Gasteiger partial charge in [0.05, 0.1) is 5.01 Å². The molecule has 1 aliphatic rings. The van der Waals surface area contributed by atoms with Crippen LogP contribution in [-0.4, -0.2) is 11.0 Å². The number of rotatable bonds is 4. The van der Waals surface area contributed by atoms with Crippen molar-refractivity contribution in [2.75, 3.05) is 0 Å². The average Bonchev–Trinajstić information content (AvgIpc) is 2.58. The Bertz CT molecular complexity index is 289. The fourth-order valence-corrected chi connectivity index (χ4v) is 2.72. The van der Waals surface area contributed by atoms with E-state index in [0.29, 0.717) is 0 Å². The molecule has 0 saturated heterocycles. The zero-order valence-electron chi connectivity index (χ0n) is 8.92. The number of aromatic nitrogens is 1. The monoisotopic (exact) mass is 210 g/mol. The standard InChI is InChI=1S/C11H18N2S/c1-3-11-13-7-10(14-11)6-12-9-4-8(2)5-9/h7-9,12H,3-6H2,1-2H3. The van der Waals surface area contributed by atoms with Crippen LogP contribution in [0.15, 0.2) is 6.20 Å². The number of nitrogens with zero attached hydrogens (tertiary/aromatic N) is 1. The van der Waals surface area contributed by atoms with E-state index in [1.807, 2.05) is 17.5 Å². The van der Waals surface area contributed by atoms with Gasteiger partial charge in [0.2, 0.25) is 0 Å². The summed E-state index contributed by atoms with van der Waals surface area (Å²) in [6, 6.07) is 0.761. The van der Waals surface area contributed by atoms with Crippen LogP contribution in [0.1, 0.15) is 36.6 Å². The first kappa shape index (κ1) is 10.1. The van der Waals surface area contributed by atoms with Crippen molar-refractivity contribution in [3.05, 3.63) is 16.1 Å². The fourth-order valence-electron chi connectivity index (χ4n) is 1.91. The Morgan fingerprint density at radius 1 is 1.57 bits per heavy atom. The van der Waals surface area contributed by atoms with E-state index >= 15 is 0 Å². The minimum atomic E-state index is 0.761. The maximum atomic E-state index is 4.35. The molecule has 0 aromatic carbocycles. The first-order valence-electron chi connectivity index (χ1n) is 5.45. The molecular formula is C11H18N2S. The van der Waals surface area contributed by atoms with Crippen molar-refractivity contribution >= 4 is 11.3 Å². The zero-order chi connectivity index (χ0) is 9.97. The largest absolute Gasteiger partial charge is 0.309 e. The summed E-state index contributed by atoms with van der Waals surface area (Å²) in [6.07, 6.45) is 5.77. The quantitative estimate of drug-likeness (QED) is 0.826. The maximum absolute atomic E-state index is 4.35. The molecule has 78 valence electrons. The van der Waals surface area contributed by atoms with Crippen LogP contribution in [0.3, 0.4) is 0 Å². The highest BCUT2D eigenvalue weighted by Gasteiger charge is 2.24. The second kappa shape index (κ2) is 4.41. The maximum Gasteiger partial charge on any atom is 0.0925 e. The first-order valence-corrected chi connectivity index (χ1v) is 6.26. The summed E-state index contributed by atoms with van der Waals surface area (Å²) >= 11 is 1.84. The molecule has 1 heterocycles. The SMILES string of the molecule is CCc1ncc(CNC2CC(C)C2)s1. The molecule has 0 amide bonds. The molecule has 1 saturated carbocycles. The highest BCUT2D eigenvalue weighted by atomic mass is 32.1. The van der Waals surface area contributed by atoms with Crippen LogP contribution in [0, 0.1) is 5.92 Å². The molecule has 0 unspecified atom stereocenters. The van der Waals surface area contributed by atoms with E-state index in [0.717, 1.165) is 24.9 Å². The highest BCUT2D eigenvalue weighted by molar-refractivity contribution is 7.11. The summed E-state index contributed by atoms with van der Waals surface area (Å²) in [4.78, 5) is 5.73. The first-order chi connectivity index (χ1) is 6.78. The summed E-state index contributed by atoms with van der Waals surface area (Å²) in [5, 5.41) is 4.83. The number of hydrogen-bond donors (Lipinski definition) is 1. The molecular weight excluding hydrogens is 192 g/mol. The third kappa shape index (κ3) is 2.34. The predicted molar refractivity (Wildman–Crippen MR) is 60.5 cm³/mol. The Kier molecular flexibility index (Phi) is 3.19. The van der Waals surface area contributed by atoms with Gasteiger partial charge in [-0.2, -0.15) is 0 Å². The minimum absolute atomic E-state index is 0.761. The number of aryl methyl sites for hydroxylation is 1. The van der Waals surface area contributed by atoms with Crippen LogP contribution in [-0.2, 0) is 13.0 Å². The lowest BCUT2D eigenvalue weighted by Gasteiger charge is -2.33. The third-order valence-corrected chi connectivity index (χ3v) is 3.98. The van der Waals surface area contributed by atoms with Crippen LogP contribution in [0.4, 0.5) is 0 Å². The molecule has 2 rings (SSSR count). The molecule has 1 fully saturated rings. The average molecular weight is 210 g/mol. The highest BCUT2D eigenvalue weighted by Crippen LogP contribution is 2.26. The molecule has 1 N–H and O–H groups in total. The van der Waals surface area contributed by atoms with E-state index in [4.69, 9.17) is 0 Å². The van der Waals surface area contributed by atoms with Crippen LogP contribution < -0.4 is 5.32 Å². The van der Waals surface area contributed by atoms with Crippen molar-refractivity contribution in [3.63, 3.8) is 0 Å². The van der Waals surface area contributed by atoms with Gasteiger partial charge in [0.1, 0.15) is 0 Å². The topological polar surface area (TPSA) is 24.9 Å². The molecule has 0 spiro atoms.